The Hall–Kier alpha value is -1.13. The van der Waals surface area contributed by atoms with Crippen molar-refractivity contribution < 1.29 is 13.9 Å². The van der Waals surface area contributed by atoms with Gasteiger partial charge in [0.25, 0.3) is 0 Å². The average molecular weight is 520 g/mol. The number of para-hydroxylation sites is 1. The number of aliphatic imine (C=N–C) groups is 1. The summed E-state index contributed by atoms with van der Waals surface area (Å²) in [6.07, 6.45) is 0.987. The Morgan fingerprint density at radius 1 is 1.31 bits per heavy atom. The highest BCUT2D eigenvalue weighted by molar-refractivity contribution is 14.0. The number of benzene rings is 1. The topological polar surface area (TPSA) is 49.3 Å². The van der Waals surface area contributed by atoms with Gasteiger partial charge in [-0.15, -0.1) is 24.0 Å². The molecule has 0 aliphatic carbocycles. The summed E-state index contributed by atoms with van der Waals surface area (Å²) in [6.45, 7) is 12.3. The number of hydrogen-bond donors (Lipinski definition) is 1. The van der Waals surface area contributed by atoms with Crippen molar-refractivity contribution in [2.75, 3.05) is 59.0 Å². The normalized spacial score (nSPS) is 21.6. The molecular formula is C21H34FIN4O2. The maximum absolute atomic E-state index is 13.8. The van der Waals surface area contributed by atoms with Gasteiger partial charge in [0, 0.05) is 39.3 Å². The molecule has 164 valence electrons. The summed E-state index contributed by atoms with van der Waals surface area (Å²) in [5.41, 5.74) is 0. The first-order chi connectivity index (χ1) is 13.7. The number of ether oxygens (including phenoxy) is 2. The Morgan fingerprint density at radius 2 is 2.07 bits per heavy atom. The van der Waals surface area contributed by atoms with Gasteiger partial charge in [0.2, 0.25) is 0 Å². The molecule has 2 aliphatic heterocycles. The van der Waals surface area contributed by atoms with Crippen LogP contribution in [0.3, 0.4) is 0 Å². The van der Waals surface area contributed by atoms with Crippen molar-refractivity contribution in [1.29, 1.82) is 0 Å². The highest BCUT2D eigenvalue weighted by Gasteiger charge is 2.27. The van der Waals surface area contributed by atoms with Crippen LogP contribution < -0.4 is 10.1 Å². The zero-order valence-electron chi connectivity index (χ0n) is 17.5. The SMILES string of the molecule is CCNC(=NCC(C)Oc1ccccc1F)N1CCC(CN2CCOCC2)C1.I. The van der Waals surface area contributed by atoms with Crippen LogP contribution in [0.5, 0.6) is 5.75 Å². The van der Waals surface area contributed by atoms with Gasteiger partial charge in [0.05, 0.1) is 19.8 Å². The predicted molar refractivity (Wildman–Crippen MR) is 125 cm³/mol. The molecule has 2 unspecified atom stereocenters. The van der Waals surface area contributed by atoms with Crippen LogP contribution in [0.1, 0.15) is 20.3 Å². The van der Waals surface area contributed by atoms with Gasteiger partial charge in [-0.05, 0) is 38.3 Å². The van der Waals surface area contributed by atoms with Crippen molar-refractivity contribution in [2.45, 2.75) is 26.4 Å². The molecular weight excluding hydrogens is 486 g/mol. The summed E-state index contributed by atoms with van der Waals surface area (Å²) >= 11 is 0. The van der Waals surface area contributed by atoms with Crippen molar-refractivity contribution >= 4 is 29.9 Å². The number of rotatable bonds is 7. The third-order valence-electron chi connectivity index (χ3n) is 5.20. The Kier molecular flexibility index (Phi) is 10.4. The van der Waals surface area contributed by atoms with E-state index < -0.39 is 0 Å². The standard InChI is InChI=1S/C21H33FN4O2.HI/c1-3-23-21(24-14-17(2)28-20-7-5-4-6-19(20)22)26-9-8-18(16-26)15-25-10-12-27-13-11-25;/h4-7,17-18H,3,8-16H2,1-2H3,(H,23,24);1H. The number of nitrogens with zero attached hydrogens (tertiary/aromatic N) is 3. The van der Waals surface area contributed by atoms with Crippen LogP contribution in [0.2, 0.25) is 0 Å². The molecule has 1 N–H and O–H groups in total. The van der Waals surface area contributed by atoms with E-state index in [1.54, 1.807) is 18.2 Å². The highest BCUT2D eigenvalue weighted by Crippen LogP contribution is 2.19. The molecule has 29 heavy (non-hydrogen) atoms. The van der Waals surface area contributed by atoms with Crippen molar-refractivity contribution in [3.63, 3.8) is 0 Å². The van der Waals surface area contributed by atoms with Gasteiger partial charge in [-0.2, -0.15) is 0 Å². The lowest BCUT2D eigenvalue weighted by Crippen LogP contribution is -2.42. The summed E-state index contributed by atoms with van der Waals surface area (Å²) < 4.78 is 24.9. The zero-order valence-corrected chi connectivity index (χ0v) is 19.8. The molecule has 8 heteroatoms. The fourth-order valence-electron chi connectivity index (χ4n) is 3.76. The highest BCUT2D eigenvalue weighted by atomic mass is 127. The van der Waals surface area contributed by atoms with Crippen LogP contribution in [0, 0.1) is 11.7 Å². The third kappa shape index (κ3) is 7.57. The van der Waals surface area contributed by atoms with Gasteiger partial charge in [-0.3, -0.25) is 4.90 Å². The van der Waals surface area contributed by atoms with E-state index in [-0.39, 0.29) is 41.6 Å². The lowest BCUT2D eigenvalue weighted by molar-refractivity contribution is 0.0315. The molecule has 1 aromatic carbocycles. The van der Waals surface area contributed by atoms with Crippen molar-refractivity contribution in [2.24, 2.45) is 10.9 Å². The molecule has 0 amide bonds. The van der Waals surface area contributed by atoms with Gasteiger partial charge < -0.3 is 19.7 Å². The fourth-order valence-corrected chi connectivity index (χ4v) is 3.76. The third-order valence-corrected chi connectivity index (χ3v) is 5.20. The monoisotopic (exact) mass is 520 g/mol. The van der Waals surface area contributed by atoms with Gasteiger partial charge in [0.1, 0.15) is 6.10 Å². The molecule has 0 aromatic heterocycles. The van der Waals surface area contributed by atoms with Crippen LogP contribution in [0.25, 0.3) is 0 Å². The second-order valence-electron chi connectivity index (χ2n) is 7.57. The smallest absolute Gasteiger partial charge is 0.194 e. The minimum atomic E-state index is -0.337. The summed E-state index contributed by atoms with van der Waals surface area (Å²) in [5.74, 6) is 1.53. The van der Waals surface area contributed by atoms with E-state index in [9.17, 15) is 4.39 Å². The molecule has 2 saturated heterocycles. The van der Waals surface area contributed by atoms with E-state index in [1.807, 2.05) is 6.92 Å². The van der Waals surface area contributed by atoms with E-state index in [0.29, 0.717) is 12.5 Å². The summed E-state index contributed by atoms with van der Waals surface area (Å²) in [5, 5.41) is 3.39. The molecule has 0 bridgehead atoms. The summed E-state index contributed by atoms with van der Waals surface area (Å²) in [6, 6.07) is 6.50. The Morgan fingerprint density at radius 3 is 2.79 bits per heavy atom. The molecule has 2 aliphatic rings. The van der Waals surface area contributed by atoms with E-state index in [1.165, 1.54) is 12.5 Å². The second kappa shape index (κ2) is 12.5. The molecule has 1 aromatic rings. The van der Waals surface area contributed by atoms with Crippen LogP contribution in [-0.2, 0) is 4.74 Å². The van der Waals surface area contributed by atoms with E-state index in [4.69, 9.17) is 14.5 Å². The average Bonchev–Trinajstić information content (AvgIpc) is 3.16. The molecule has 2 heterocycles. The first-order valence-corrected chi connectivity index (χ1v) is 10.4. The minimum Gasteiger partial charge on any atom is -0.486 e. The van der Waals surface area contributed by atoms with Gasteiger partial charge in [0.15, 0.2) is 17.5 Å². The number of halogens is 2. The molecule has 0 saturated carbocycles. The van der Waals surface area contributed by atoms with Gasteiger partial charge in [-0.1, -0.05) is 12.1 Å². The van der Waals surface area contributed by atoms with Crippen LogP contribution in [0.15, 0.2) is 29.3 Å². The molecule has 0 radical (unpaired) electrons. The molecule has 2 fully saturated rings. The van der Waals surface area contributed by atoms with E-state index in [2.05, 4.69) is 22.0 Å². The molecule has 3 rings (SSSR count). The van der Waals surface area contributed by atoms with Crippen LogP contribution in [-0.4, -0.2) is 80.9 Å². The number of morpholine rings is 1. The van der Waals surface area contributed by atoms with Crippen molar-refractivity contribution in [3.05, 3.63) is 30.1 Å². The maximum atomic E-state index is 13.8. The number of nitrogens with one attached hydrogen (secondary N) is 1. The summed E-state index contributed by atoms with van der Waals surface area (Å²) in [4.78, 5) is 9.60. The van der Waals surface area contributed by atoms with Gasteiger partial charge >= 0.3 is 0 Å². The number of likely N-dealkylation sites (tertiary alicyclic amines) is 1. The first kappa shape index (κ1) is 24.1. The van der Waals surface area contributed by atoms with Crippen LogP contribution in [0.4, 0.5) is 4.39 Å². The lowest BCUT2D eigenvalue weighted by atomic mass is 10.1. The van der Waals surface area contributed by atoms with E-state index >= 15 is 0 Å². The van der Waals surface area contributed by atoms with Crippen LogP contribution >= 0.6 is 24.0 Å². The number of hydrogen-bond acceptors (Lipinski definition) is 4. The lowest BCUT2D eigenvalue weighted by Gasteiger charge is -2.29. The fraction of sp³-hybridized carbons (Fsp3) is 0.667. The minimum absolute atomic E-state index is 0. The summed E-state index contributed by atoms with van der Waals surface area (Å²) in [7, 11) is 0. The van der Waals surface area contributed by atoms with E-state index in [0.717, 1.165) is 58.4 Å². The second-order valence-corrected chi connectivity index (χ2v) is 7.57. The maximum Gasteiger partial charge on any atom is 0.194 e. The largest absolute Gasteiger partial charge is 0.486 e. The predicted octanol–water partition coefficient (Wildman–Crippen LogP) is 2.83. The first-order valence-electron chi connectivity index (χ1n) is 10.4. The Bertz CT molecular complexity index is 643. The van der Waals surface area contributed by atoms with Gasteiger partial charge in [-0.25, -0.2) is 9.38 Å². The molecule has 2 atom stereocenters. The van der Waals surface area contributed by atoms with Crippen molar-refractivity contribution in [3.8, 4) is 5.75 Å². The molecule has 6 nitrogen and oxygen atoms in total. The molecule has 0 spiro atoms. The number of guanidine groups is 1. The Balaban J connectivity index is 0.00000300. The quantitative estimate of drug-likeness (QED) is 0.341. The Labute approximate surface area is 190 Å². The zero-order chi connectivity index (χ0) is 19.8. The van der Waals surface area contributed by atoms with Crippen molar-refractivity contribution in [1.82, 2.24) is 15.1 Å².